The van der Waals surface area contributed by atoms with E-state index in [-0.39, 0.29) is 0 Å². The maximum absolute atomic E-state index is 11.9. The quantitative estimate of drug-likeness (QED) is 0.644. The number of nitrogens with zero attached hydrogens (tertiary/aromatic N) is 1. The van der Waals surface area contributed by atoms with Crippen LogP contribution < -0.4 is 0 Å². The third-order valence-electron chi connectivity index (χ3n) is 4.67. The van der Waals surface area contributed by atoms with Gasteiger partial charge in [0.1, 0.15) is 0 Å². The fourth-order valence-corrected chi connectivity index (χ4v) is 3.82. The molecular weight excluding hydrogens is 186 g/mol. The van der Waals surface area contributed by atoms with Gasteiger partial charge in [0.15, 0.2) is 0 Å². The smallest absolute Gasteiger partial charge is 0.227 e. The van der Waals surface area contributed by atoms with Crippen molar-refractivity contribution in [1.29, 1.82) is 0 Å². The fraction of sp³-hybridized carbons (Fsp3) is 0.769. The SMILES string of the molecule is CCC12CCCN3C(=O)CCC(=C31)CC2. The highest BCUT2D eigenvalue weighted by atomic mass is 16.2. The van der Waals surface area contributed by atoms with Crippen molar-refractivity contribution < 1.29 is 4.79 Å². The summed E-state index contributed by atoms with van der Waals surface area (Å²) in [7, 11) is 0. The lowest BCUT2D eigenvalue weighted by atomic mass is 9.74. The molecule has 2 aliphatic heterocycles. The molecule has 2 heteroatoms. The highest BCUT2D eigenvalue weighted by Crippen LogP contribution is 2.54. The first-order valence-corrected chi connectivity index (χ1v) is 6.30. The normalized spacial score (nSPS) is 34.7. The van der Waals surface area contributed by atoms with Crippen molar-refractivity contribution in [2.75, 3.05) is 6.54 Å². The molecule has 0 saturated carbocycles. The molecule has 0 spiro atoms. The number of carbonyl (C=O) groups excluding carboxylic acids is 1. The topological polar surface area (TPSA) is 20.3 Å². The van der Waals surface area contributed by atoms with Crippen LogP contribution in [0.15, 0.2) is 11.3 Å². The van der Waals surface area contributed by atoms with Crippen LogP contribution in [-0.2, 0) is 4.79 Å². The van der Waals surface area contributed by atoms with Crippen LogP contribution in [0, 0.1) is 5.41 Å². The molecule has 3 aliphatic rings. The minimum absolute atomic E-state index is 0.383. The number of piperidine rings is 1. The van der Waals surface area contributed by atoms with E-state index in [1.54, 1.807) is 5.57 Å². The van der Waals surface area contributed by atoms with E-state index in [2.05, 4.69) is 11.8 Å². The Morgan fingerprint density at radius 1 is 1.27 bits per heavy atom. The second-order valence-electron chi connectivity index (χ2n) is 5.23. The van der Waals surface area contributed by atoms with E-state index < -0.39 is 0 Å². The molecule has 2 heterocycles. The molecule has 15 heavy (non-hydrogen) atoms. The molecule has 82 valence electrons. The van der Waals surface area contributed by atoms with Crippen molar-refractivity contribution >= 4 is 5.91 Å². The van der Waals surface area contributed by atoms with Gasteiger partial charge in [-0.05, 0) is 44.1 Å². The predicted octanol–water partition coefficient (Wildman–Crippen LogP) is 2.85. The molecule has 1 atom stereocenters. The summed E-state index contributed by atoms with van der Waals surface area (Å²) in [5.41, 5.74) is 3.47. The molecular formula is C13H19NO. The van der Waals surface area contributed by atoms with Crippen LogP contribution in [0.4, 0.5) is 0 Å². The molecule has 0 aromatic carbocycles. The van der Waals surface area contributed by atoms with Crippen molar-refractivity contribution in [3.63, 3.8) is 0 Å². The fourth-order valence-electron chi connectivity index (χ4n) is 3.82. The van der Waals surface area contributed by atoms with Crippen molar-refractivity contribution in [3.05, 3.63) is 11.3 Å². The number of rotatable bonds is 1. The summed E-state index contributed by atoms with van der Waals surface area (Å²) >= 11 is 0. The van der Waals surface area contributed by atoms with Gasteiger partial charge < -0.3 is 4.90 Å². The predicted molar refractivity (Wildman–Crippen MR) is 59.2 cm³/mol. The Kier molecular flexibility index (Phi) is 1.95. The minimum atomic E-state index is 0.383. The molecule has 3 rings (SSSR count). The second-order valence-corrected chi connectivity index (χ2v) is 5.23. The van der Waals surface area contributed by atoms with Crippen LogP contribution in [0.3, 0.4) is 0 Å². The van der Waals surface area contributed by atoms with E-state index in [0.29, 0.717) is 11.3 Å². The minimum Gasteiger partial charge on any atom is -0.316 e. The first kappa shape index (κ1) is 9.44. The molecule has 1 saturated heterocycles. The van der Waals surface area contributed by atoms with E-state index in [4.69, 9.17) is 0 Å². The number of hydrogen-bond donors (Lipinski definition) is 0. The number of amides is 1. The monoisotopic (exact) mass is 205 g/mol. The first-order valence-electron chi connectivity index (χ1n) is 6.30. The molecule has 0 radical (unpaired) electrons. The third kappa shape index (κ3) is 1.14. The zero-order valence-corrected chi connectivity index (χ0v) is 9.51. The molecule has 0 bridgehead atoms. The van der Waals surface area contributed by atoms with E-state index in [1.807, 2.05) is 0 Å². The van der Waals surface area contributed by atoms with Crippen LogP contribution >= 0.6 is 0 Å². The van der Waals surface area contributed by atoms with Gasteiger partial charge in [-0.3, -0.25) is 4.79 Å². The van der Waals surface area contributed by atoms with E-state index in [1.165, 1.54) is 37.8 Å². The summed E-state index contributed by atoms with van der Waals surface area (Å²) in [4.78, 5) is 14.0. The molecule has 0 aromatic rings. The van der Waals surface area contributed by atoms with Crippen molar-refractivity contribution in [2.24, 2.45) is 5.41 Å². The van der Waals surface area contributed by atoms with Crippen LogP contribution in [0.5, 0.6) is 0 Å². The maximum atomic E-state index is 11.9. The molecule has 1 aliphatic carbocycles. The van der Waals surface area contributed by atoms with Gasteiger partial charge in [-0.15, -0.1) is 0 Å². The van der Waals surface area contributed by atoms with E-state index in [0.717, 1.165) is 19.4 Å². The Morgan fingerprint density at radius 2 is 2.13 bits per heavy atom. The summed E-state index contributed by atoms with van der Waals surface area (Å²) in [6.45, 7) is 3.28. The Bertz CT molecular complexity index is 344. The van der Waals surface area contributed by atoms with Crippen LogP contribution in [0.2, 0.25) is 0 Å². The van der Waals surface area contributed by atoms with Gasteiger partial charge >= 0.3 is 0 Å². The standard InChI is InChI=1S/C13H19NO/c1-2-13-7-3-9-14-11(15)5-4-10(6-8-13)12(13)14/h2-9H2,1H3. The van der Waals surface area contributed by atoms with Crippen molar-refractivity contribution in [3.8, 4) is 0 Å². The molecule has 1 amide bonds. The summed E-state index contributed by atoms with van der Waals surface area (Å²) in [5.74, 6) is 0.383. The van der Waals surface area contributed by atoms with Gasteiger partial charge in [0.2, 0.25) is 5.91 Å². The summed E-state index contributed by atoms with van der Waals surface area (Å²) in [6.07, 6.45) is 8.11. The number of allylic oxidation sites excluding steroid dienone is 2. The Balaban J connectivity index is 2.08. The van der Waals surface area contributed by atoms with Crippen molar-refractivity contribution in [2.45, 2.75) is 51.9 Å². The van der Waals surface area contributed by atoms with Crippen LogP contribution in [0.25, 0.3) is 0 Å². The molecule has 2 nitrogen and oxygen atoms in total. The molecule has 0 aromatic heterocycles. The first-order chi connectivity index (χ1) is 7.27. The highest BCUT2D eigenvalue weighted by Gasteiger charge is 2.47. The highest BCUT2D eigenvalue weighted by molar-refractivity contribution is 5.80. The van der Waals surface area contributed by atoms with Crippen LogP contribution in [-0.4, -0.2) is 17.4 Å². The lowest BCUT2D eigenvalue weighted by molar-refractivity contribution is -0.132. The zero-order valence-electron chi connectivity index (χ0n) is 9.51. The van der Waals surface area contributed by atoms with Crippen LogP contribution in [0.1, 0.15) is 51.9 Å². The maximum Gasteiger partial charge on any atom is 0.227 e. The van der Waals surface area contributed by atoms with Gasteiger partial charge in [0.05, 0.1) is 0 Å². The Labute approximate surface area is 91.3 Å². The molecule has 1 fully saturated rings. The average Bonchev–Trinajstić information content (AvgIpc) is 2.65. The number of carbonyl (C=O) groups is 1. The molecule has 1 unspecified atom stereocenters. The average molecular weight is 205 g/mol. The van der Waals surface area contributed by atoms with Gasteiger partial charge in [0, 0.05) is 24.1 Å². The molecule has 0 N–H and O–H groups in total. The summed E-state index contributed by atoms with van der Waals surface area (Å²) in [6, 6.07) is 0. The van der Waals surface area contributed by atoms with Crippen molar-refractivity contribution in [1.82, 2.24) is 4.90 Å². The Morgan fingerprint density at radius 3 is 2.93 bits per heavy atom. The zero-order chi connectivity index (χ0) is 10.5. The summed E-state index contributed by atoms with van der Waals surface area (Å²) < 4.78 is 0. The third-order valence-corrected chi connectivity index (χ3v) is 4.67. The van der Waals surface area contributed by atoms with Gasteiger partial charge in [-0.1, -0.05) is 6.92 Å². The summed E-state index contributed by atoms with van der Waals surface area (Å²) in [5, 5.41) is 0. The Hall–Kier alpha value is -0.790. The lowest BCUT2D eigenvalue weighted by Crippen LogP contribution is -2.44. The van der Waals surface area contributed by atoms with Gasteiger partial charge in [0.25, 0.3) is 0 Å². The van der Waals surface area contributed by atoms with E-state index >= 15 is 0 Å². The lowest BCUT2D eigenvalue weighted by Gasteiger charge is -2.44. The second kappa shape index (κ2) is 3.10. The number of hydrogen-bond acceptors (Lipinski definition) is 1. The van der Waals surface area contributed by atoms with Gasteiger partial charge in [-0.2, -0.15) is 0 Å². The largest absolute Gasteiger partial charge is 0.316 e. The van der Waals surface area contributed by atoms with Gasteiger partial charge in [-0.25, -0.2) is 0 Å². The van der Waals surface area contributed by atoms with E-state index in [9.17, 15) is 4.79 Å².